The van der Waals surface area contributed by atoms with Crippen molar-refractivity contribution in [1.82, 2.24) is 10.6 Å². The molecule has 0 atom stereocenters. The number of amides is 2. The van der Waals surface area contributed by atoms with Crippen molar-refractivity contribution >= 4 is 12.2 Å². The van der Waals surface area contributed by atoms with E-state index in [0.29, 0.717) is 0 Å². The average molecular weight is 258 g/mol. The normalized spacial score (nSPS) is 12.1. The number of nitrogens with one attached hydrogen (secondary N) is 2. The average Bonchev–Trinajstić information content (AvgIpc) is 2.06. The summed E-state index contributed by atoms with van der Waals surface area (Å²) in [4.78, 5) is 22.4. The summed E-state index contributed by atoms with van der Waals surface area (Å²) in [5.74, 6) is 0. The molecule has 0 radical (unpaired) electrons. The minimum atomic E-state index is -0.593. The molecule has 0 rings (SSSR count). The van der Waals surface area contributed by atoms with E-state index in [1.807, 2.05) is 0 Å². The fraction of sp³-hybridized carbons (Fsp3) is 0.667. The van der Waals surface area contributed by atoms with E-state index in [-0.39, 0.29) is 0 Å². The van der Waals surface area contributed by atoms with Gasteiger partial charge in [-0.1, -0.05) is 0 Å². The molecule has 0 aromatic heterocycles. The van der Waals surface area contributed by atoms with Gasteiger partial charge in [0.05, 0.1) is 0 Å². The van der Waals surface area contributed by atoms with E-state index >= 15 is 0 Å². The molecule has 6 heteroatoms. The van der Waals surface area contributed by atoms with Gasteiger partial charge in [0.1, 0.15) is 11.2 Å². The molecule has 0 spiro atoms. The van der Waals surface area contributed by atoms with Gasteiger partial charge in [0.2, 0.25) is 0 Å². The van der Waals surface area contributed by atoms with Crippen LogP contribution < -0.4 is 10.6 Å². The number of alkyl carbamates (subject to hydrolysis) is 2. The van der Waals surface area contributed by atoms with Crippen molar-refractivity contribution in [1.29, 1.82) is 0 Å². The summed E-state index contributed by atoms with van der Waals surface area (Å²) < 4.78 is 9.96. The summed E-state index contributed by atoms with van der Waals surface area (Å²) in [6.07, 6.45) is 1.34. The Morgan fingerprint density at radius 1 is 0.778 bits per heavy atom. The number of hydrogen-bond donors (Lipinski definition) is 2. The van der Waals surface area contributed by atoms with Gasteiger partial charge in [0, 0.05) is 12.4 Å². The molecule has 18 heavy (non-hydrogen) atoms. The van der Waals surface area contributed by atoms with Gasteiger partial charge in [0.25, 0.3) is 0 Å². The minimum Gasteiger partial charge on any atom is -0.444 e. The molecule has 0 aromatic carbocycles. The number of carbonyl (C=O) groups is 2. The predicted molar refractivity (Wildman–Crippen MR) is 67.9 cm³/mol. The Bertz CT molecular complexity index is 292. The lowest BCUT2D eigenvalue weighted by Crippen LogP contribution is -2.31. The van der Waals surface area contributed by atoms with Gasteiger partial charge >= 0.3 is 12.2 Å². The lowest BCUT2D eigenvalue weighted by atomic mass is 10.2. The van der Waals surface area contributed by atoms with Crippen molar-refractivity contribution in [2.75, 3.05) is 0 Å². The topological polar surface area (TPSA) is 76.7 Å². The smallest absolute Gasteiger partial charge is 0.411 e. The molecule has 0 aliphatic rings. The van der Waals surface area contributed by atoms with E-state index in [4.69, 9.17) is 9.47 Å². The molecule has 0 bridgehead atoms. The van der Waals surface area contributed by atoms with E-state index in [1.54, 1.807) is 41.5 Å². The summed E-state index contributed by atoms with van der Waals surface area (Å²) in [6.45, 7) is 10.6. The van der Waals surface area contributed by atoms with E-state index in [0.717, 1.165) is 0 Å². The van der Waals surface area contributed by atoms with Crippen LogP contribution in [0.3, 0.4) is 0 Å². The molecule has 0 heterocycles. The molecule has 6 nitrogen and oxygen atoms in total. The van der Waals surface area contributed by atoms with Gasteiger partial charge in [0.15, 0.2) is 0 Å². The first-order chi connectivity index (χ1) is 7.99. The third-order valence-corrected chi connectivity index (χ3v) is 1.28. The van der Waals surface area contributed by atoms with Crippen molar-refractivity contribution in [3.8, 4) is 0 Å². The third-order valence-electron chi connectivity index (χ3n) is 1.28. The van der Waals surface area contributed by atoms with Crippen LogP contribution in [0.4, 0.5) is 9.59 Å². The highest BCUT2D eigenvalue weighted by molar-refractivity contribution is 5.70. The SMILES string of the molecule is CC(C)(C)OC(=O)N/C=C\NC(=O)OC(C)(C)C. The molecule has 0 fully saturated rings. The maximum atomic E-state index is 11.2. The van der Waals surface area contributed by atoms with Crippen LogP contribution in [0.2, 0.25) is 0 Å². The minimum absolute atomic E-state index is 0.559. The third kappa shape index (κ3) is 10.8. The zero-order chi connectivity index (χ0) is 14.4. The Morgan fingerprint density at radius 3 is 1.28 bits per heavy atom. The zero-order valence-corrected chi connectivity index (χ0v) is 11.8. The van der Waals surface area contributed by atoms with Crippen LogP contribution >= 0.6 is 0 Å². The van der Waals surface area contributed by atoms with Crippen molar-refractivity contribution in [2.45, 2.75) is 52.7 Å². The standard InChI is InChI=1S/C12H22N2O4/c1-11(2,3)17-9(15)13-7-8-14-10(16)18-12(4,5)6/h7-8H,1-6H3,(H,13,15)(H,14,16)/b8-7-. The molecular formula is C12H22N2O4. The van der Waals surface area contributed by atoms with Crippen LogP contribution in [0, 0.1) is 0 Å². The molecule has 0 saturated heterocycles. The van der Waals surface area contributed by atoms with Crippen LogP contribution in [-0.2, 0) is 9.47 Å². The van der Waals surface area contributed by atoms with Crippen molar-refractivity contribution in [2.24, 2.45) is 0 Å². The highest BCUT2D eigenvalue weighted by atomic mass is 16.6. The van der Waals surface area contributed by atoms with Crippen LogP contribution in [0.15, 0.2) is 12.4 Å². The molecule has 0 aromatic rings. The second-order valence-corrected chi connectivity index (χ2v) is 5.63. The summed E-state index contributed by atoms with van der Waals surface area (Å²) in [5, 5.41) is 4.69. The van der Waals surface area contributed by atoms with E-state index < -0.39 is 23.4 Å². The molecule has 2 N–H and O–H groups in total. The van der Waals surface area contributed by atoms with E-state index in [9.17, 15) is 9.59 Å². The first kappa shape index (κ1) is 16.3. The van der Waals surface area contributed by atoms with Gasteiger partial charge in [-0.05, 0) is 41.5 Å². The van der Waals surface area contributed by atoms with Crippen molar-refractivity contribution in [3.63, 3.8) is 0 Å². The van der Waals surface area contributed by atoms with Gasteiger partial charge in [-0.3, -0.25) is 10.6 Å². The number of ether oxygens (including phenoxy) is 2. The zero-order valence-electron chi connectivity index (χ0n) is 11.8. The molecule has 0 unspecified atom stereocenters. The lowest BCUT2D eigenvalue weighted by molar-refractivity contribution is 0.0531. The maximum Gasteiger partial charge on any atom is 0.411 e. The molecule has 0 saturated carbocycles. The maximum absolute atomic E-state index is 11.2. The van der Waals surface area contributed by atoms with Crippen LogP contribution in [0.1, 0.15) is 41.5 Å². The Kier molecular flexibility index (Phi) is 5.68. The molecular weight excluding hydrogens is 236 g/mol. The number of rotatable bonds is 2. The summed E-state index contributed by atoms with van der Waals surface area (Å²) in [5.41, 5.74) is -1.12. The summed E-state index contributed by atoms with van der Waals surface area (Å²) >= 11 is 0. The highest BCUT2D eigenvalue weighted by Gasteiger charge is 2.16. The van der Waals surface area contributed by atoms with Crippen LogP contribution in [0.25, 0.3) is 0 Å². The lowest BCUT2D eigenvalue weighted by Gasteiger charge is -2.19. The van der Waals surface area contributed by atoms with E-state index in [2.05, 4.69) is 10.6 Å². The Labute approximate surface area is 108 Å². The molecule has 2 amide bonds. The summed E-state index contributed by atoms with van der Waals surface area (Å²) in [7, 11) is 0. The fourth-order valence-electron chi connectivity index (χ4n) is 0.835. The number of carbonyl (C=O) groups excluding carboxylic acids is 2. The Balaban J connectivity index is 3.92. The van der Waals surface area contributed by atoms with Crippen LogP contribution in [-0.4, -0.2) is 23.4 Å². The molecule has 0 aliphatic heterocycles. The predicted octanol–water partition coefficient (Wildman–Crippen LogP) is 2.51. The quantitative estimate of drug-likeness (QED) is 0.797. The largest absolute Gasteiger partial charge is 0.444 e. The Morgan fingerprint density at radius 2 is 1.06 bits per heavy atom. The summed E-state index contributed by atoms with van der Waals surface area (Å²) in [6, 6.07) is 0. The van der Waals surface area contributed by atoms with Gasteiger partial charge in [-0.25, -0.2) is 9.59 Å². The van der Waals surface area contributed by atoms with Gasteiger partial charge in [-0.2, -0.15) is 0 Å². The monoisotopic (exact) mass is 258 g/mol. The van der Waals surface area contributed by atoms with Crippen molar-refractivity contribution < 1.29 is 19.1 Å². The number of hydrogen-bond acceptors (Lipinski definition) is 4. The second kappa shape index (κ2) is 6.28. The first-order valence-corrected chi connectivity index (χ1v) is 5.64. The second-order valence-electron chi connectivity index (χ2n) is 5.63. The first-order valence-electron chi connectivity index (χ1n) is 5.64. The van der Waals surface area contributed by atoms with Crippen molar-refractivity contribution in [3.05, 3.63) is 12.4 Å². The van der Waals surface area contributed by atoms with Gasteiger partial charge < -0.3 is 9.47 Å². The molecule has 0 aliphatic carbocycles. The Hall–Kier alpha value is -1.72. The van der Waals surface area contributed by atoms with Crippen LogP contribution in [0.5, 0.6) is 0 Å². The molecule has 104 valence electrons. The highest BCUT2D eigenvalue weighted by Crippen LogP contribution is 2.07. The van der Waals surface area contributed by atoms with E-state index in [1.165, 1.54) is 12.4 Å². The fourth-order valence-corrected chi connectivity index (χ4v) is 0.835. The van der Waals surface area contributed by atoms with Gasteiger partial charge in [-0.15, -0.1) is 0 Å².